The molecule has 0 bridgehead atoms. The highest BCUT2D eigenvalue weighted by Crippen LogP contribution is 2.57. The Kier molecular flexibility index (Phi) is 8.16. The second kappa shape index (κ2) is 10.9. The number of nitrogens with zero attached hydrogens (tertiary/aromatic N) is 1. The quantitative estimate of drug-likeness (QED) is 0.309. The Hall–Kier alpha value is -2.74. The highest BCUT2D eigenvalue weighted by molar-refractivity contribution is 7.92. The second-order valence-corrected chi connectivity index (χ2v) is 14.7. The summed E-state index contributed by atoms with van der Waals surface area (Å²) in [7, 11) is -4.55. The number of halogens is 9. The molecule has 2 unspecified atom stereocenters. The first-order chi connectivity index (χ1) is 20.7. The lowest BCUT2D eigenvalue weighted by Gasteiger charge is -2.44. The van der Waals surface area contributed by atoms with E-state index in [1.54, 1.807) is 0 Å². The molecule has 2 aromatic carbocycles. The predicted octanol–water partition coefficient (Wildman–Crippen LogP) is 7.33. The third kappa shape index (κ3) is 5.05. The second-order valence-electron chi connectivity index (χ2n) is 12.0. The number of ketones is 1. The Balaban J connectivity index is 1.62. The van der Waals surface area contributed by atoms with E-state index in [-0.39, 0.29) is 72.5 Å². The van der Waals surface area contributed by atoms with Crippen molar-refractivity contribution in [2.24, 2.45) is 5.92 Å². The van der Waals surface area contributed by atoms with Crippen molar-refractivity contribution in [3.63, 3.8) is 0 Å². The number of carbonyl (C=O) groups excluding carboxylic acids is 2. The summed E-state index contributed by atoms with van der Waals surface area (Å²) in [6.07, 6.45) is -13.8. The van der Waals surface area contributed by atoms with Crippen molar-refractivity contribution in [2.75, 3.05) is 6.54 Å². The minimum absolute atomic E-state index is 0.0274. The van der Waals surface area contributed by atoms with Crippen LogP contribution in [-0.4, -0.2) is 55.6 Å². The molecule has 1 aliphatic heterocycles. The van der Waals surface area contributed by atoms with Gasteiger partial charge in [0.15, 0.2) is 21.3 Å². The monoisotopic (exact) mass is 685 g/mol. The number of amides is 1. The summed E-state index contributed by atoms with van der Waals surface area (Å²) in [5, 5.41) is 0.0429. The maximum absolute atomic E-state index is 15.0. The van der Waals surface area contributed by atoms with Crippen LogP contribution < -0.4 is 0 Å². The number of benzene rings is 2. The third-order valence-corrected chi connectivity index (χ3v) is 12.5. The average Bonchev–Trinajstić information content (AvgIpc) is 3.37. The van der Waals surface area contributed by atoms with Gasteiger partial charge in [0.05, 0.1) is 10.9 Å². The summed E-state index contributed by atoms with van der Waals surface area (Å²) < 4.78 is 138. The van der Waals surface area contributed by atoms with Gasteiger partial charge in [-0.1, -0.05) is 35.9 Å². The van der Waals surface area contributed by atoms with Crippen LogP contribution in [-0.2, 0) is 36.3 Å². The molecule has 246 valence electrons. The van der Waals surface area contributed by atoms with E-state index in [1.807, 2.05) is 0 Å². The van der Waals surface area contributed by atoms with E-state index in [2.05, 4.69) is 0 Å². The van der Waals surface area contributed by atoms with Crippen LogP contribution >= 0.6 is 11.6 Å². The van der Waals surface area contributed by atoms with E-state index in [0.29, 0.717) is 12.1 Å². The molecule has 2 aromatic rings. The van der Waals surface area contributed by atoms with Gasteiger partial charge in [-0.05, 0) is 81.2 Å². The molecule has 2 atom stereocenters. The first-order valence-corrected chi connectivity index (χ1v) is 16.0. The van der Waals surface area contributed by atoms with Crippen molar-refractivity contribution in [2.45, 2.75) is 91.2 Å². The Morgan fingerprint density at radius 3 is 2.09 bits per heavy atom. The summed E-state index contributed by atoms with van der Waals surface area (Å²) in [4.78, 5) is 26.6. The molecule has 2 aliphatic carbocycles. The van der Waals surface area contributed by atoms with E-state index in [1.165, 1.54) is 23.1 Å². The van der Waals surface area contributed by atoms with Crippen molar-refractivity contribution in [3.05, 3.63) is 64.2 Å². The smallest absolute Gasteiger partial charge is 0.337 e. The summed E-state index contributed by atoms with van der Waals surface area (Å²) in [5.41, 5.74) is -9.87. The van der Waals surface area contributed by atoms with E-state index >= 15 is 4.39 Å². The van der Waals surface area contributed by atoms with Gasteiger partial charge in [-0.3, -0.25) is 9.59 Å². The zero-order chi connectivity index (χ0) is 33.4. The van der Waals surface area contributed by atoms with Crippen molar-refractivity contribution in [1.29, 1.82) is 0 Å². The molecule has 5 rings (SSSR count). The molecule has 1 amide bonds. The maximum atomic E-state index is 15.0. The van der Waals surface area contributed by atoms with Gasteiger partial charge in [0, 0.05) is 23.0 Å². The normalized spacial score (nSPS) is 27.6. The van der Waals surface area contributed by atoms with Crippen LogP contribution in [0.5, 0.6) is 0 Å². The van der Waals surface area contributed by atoms with Gasteiger partial charge in [-0.15, -0.1) is 0 Å². The number of Topliss-reactive ketones (excluding diaryl/α,β-unsaturated/α-hetero) is 1. The molecule has 0 N–H and O–H groups in total. The number of carbonyl (C=O) groups is 2. The standard InChI is InChI=1S/C30H28ClF8NO4S/c1-17(41)26(32)11-9-18(10-12-26)25(42)40-14-13-27(45(43,44)22-4-2-3-21(31)16-22)23-7-6-20(15-19(23)5-8-24(27)40)28(33,29(34,35)36)30(37,38)39/h2-4,6-7,15-16,18,24H,5,8-14H2,1H3. The Morgan fingerprint density at radius 1 is 0.911 bits per heavy atom. The van der Waals surface area contributed by atoms with Crippen molar-refractivity contribution < 1.29 is 53.1 Å². The molecule has 0 radical (unpaired) electrons. The first-order valence-electron chi connectivity index (χ1n) is 14.2. The number of alkyl halides is 8. The third-order valence-electron chi connectivity index (χ3n) is 9.69. The molecular formula is C30H28ClF8NO4S. The molecule has 1 saturated carbocycles. The largest absolute Gasteiger partial charge is 0.435 e. The van der Waals surface area contributed by atoms with E-state index in [9.17, 15) is 48.7 Å². The van der Waals surface area contributed by atoms with Gasteiger partial charge in [0.1, 0.15) is 4.75 Å². The Labute approximate surface area is 258 Å². The summed E-state index contributed by atoms with van der Waals surface area (Å²) in [5.74, 6) is -1.86. The Bertz CT molecular complexity index is 1620. The molecule has 15 heteroatoms. The zero-order valence-corrected chi connectivity index (χ0v) is 25.3. The molecule has 0 aromatic heterocycles. The number of hydrogen-bond acceptors (Lipinski definition) is 4. The van der Waals surface area contributed by atoms with Crippen LogP contribution in [0, 0.1) is 5.92 Å². The molecular weight excluding hydrogens is 658 g/mol. The van der Waals surface area contributed by atoms with Crippen LogP contribution in [0.3, 0.4) is 0 Å². The van der Waals surface area contributed by atoms with Crippen LogP contribution in [0.25, 0.3) is 0 Å². The summed E-state index contributed by atoms with van der Waals surface area (Å²) in [6.45, 7) is 0.992. The number of likely N-dealkylation sites (tertiary alicyclic amines) is 1. The summed E-state index contributed by atoms with van der Waals surface area (Å²) in [6, 6.07) is 5.55. The van der Waals surface area contributed by atoms with Crippen molar-refractivity contribution >= 4 is 33.1 Å². The minimum Gasteiger partial charge on any atom is -0.337 e. The van der Waals surface area contributed by atoms with E-state index in [0.717, 1.165) is 19.1 Å². The lowest BCUT2D eigenvalue weighted by molar-refractivity contribution is -0.348. The maximum Gasteiger partial charge on any atom is 0.435 e. The predicted molar refractivity (Wildman–Crippen MR) is 147 cm³/mol. The topological polar surface area (TPSA) is 71.5 Å². The molecule has 0 spiro atoms. The van der Waals surface area contributed by atoms with Gasteiger partial charge < -0.3 is 4.90 Å². The van der Waals surface area contributed by atoms with Gasteiger partial charge in [-0.25, -0.2) is 17.2 Å². The molecule has 3 aliphatic rings. The van der Waals surface area contributed by atoms with Crippen LogP contribution in [0.2, 0.25) is 5.02 Å². The number of fused-ring (bicyclic) bond motifs is 3. The van der Waals surface area contributed by atoms with Crippen LogP contribution in [0.1, 0.15) is 62.1 Å². The number of sulfone groups is 1. The first kappa shape index (κ1) is 33.6. The molecule has 5 nitrogen and oxygen atoms in total. The molecule has 1 heterocycles. The van der Waals surface area contributed by atoms with E-state index in [4.69, 9.17) is 11.6 Å². The van der Waals surface area contributed by atoms with Crippen LogP contribution in [0.15, 0.2) is 47.4 Å². The van der Waals surface area contributed by atoms with Gasteiger partial charge in [0.25, 0.3) is 0 Å². The molecule has 1 saturated heterocycles. The van der Waals surface area contributed by atoms with Crippen molar-refractivity contribution in [3.8, 4) is 0 Å². The lowest BCUT2D eigenvalue weighted by atomic mass is 9.75. The van der Waals surface area contributed by atoms with Crippen LogP contribution in [0.4, 0.5) is 35.1 Å². The van der Waals surface area contributed by atoms with Crippen molar-refractivity contribution in [1.82, 2.24) is 4.90 Å². The highest BCUT2D eigenvalue weighted by atomic mass is 35.5. The fraction of sp³-hybridized carbons (Fsp3) is 0.533. The van der Waals surface area contributed by atoms with E-state index < -0.39 is 67.5 Å². The molecule has 2 fully saturated rings. The highest BCUT2D eigenvalue weighted by Gasteiger charge is 2.74. The zero-order valence-electron chi connectivity index (χ0n) is 23.7. The fourth-order valence-electron chi connectivity index (χ4n) is 7.25. The number of aryl methyl sites for hydroxylation is 1. The summed E-state index contributed by atoms with van der Waals surface area (Å²) >= 11 is 6.07. The van der Waals surface area contributed by atoms with Gasteiger partial charge >= 0.3 is 18.0 Å². The Morgan fingerprint density at radius 2 is 1.53 bits per heavy atom. The average molecular weight is 686 g/mol. The minimum atomic E-state index is -6.36. The number of rotatable bonds is 5. The van der Waals surface area contributed by atoms with Gasteiger partial charge in [0.2, 0.25) is 5.91 Å². The van der Waals surface area contributed by atoms with Gasteiger partial charge in [-0.2, -0.15) is 26.3 Å². The fourth-order valence-corrected chi connectivity index (χ4v) is 9.91. The lowest BCUT2D eigenvalue weighted by Crippen LogP contribution is -2.54. The SMILES string of the molecule is CC(=O)C1(F)CCC(C(=O)N2CCC3(S(=O)(=O)c4cccc(Cl)c4)c4ccc(C(F)(C(F)(F)F)C(F)(F)F)cc4CCC23)CC1. The number of hydrogen-bond donors (Lipinski definition) is 0. The molecule has 45 heavy (non-hydrogen) atoms.